The summed E-state index contributed by atoms with van der Waals surface area (Å²) in [6.45, 7) is 5.93. The lowest BCUT2D eigenvalue weighted by molar-refractivity contribution is 0.0530. The summed E-state index contributed by atoms with van der Waals surface area (Å²) in [7, 11) is 0. The predicted octanol–water partition coefficient (Wildman–Crippen LogP) is 2.64. The van der Waals surface area contributed by atoms with Crippen LogP contribution in [0.5, 0.6) is 5.75 Å². The van der Waals surface area contributed by atoms with Gasteiger partial charge in [-0.1, -0.05) is 18.2 Å². The minimum atomic E-state index is -0.457. The number of β-amino-alcohol motifs (C(OH)–C–C–N with tert-alkyl or cyclic N) is 1. The number of para-hydroxylation sites is 1. The molecule has 0 spiro atoms. The lowest BCUT2D eigenvalue weighted by Gasteiger charge is -2.35. The van der Waals surface area contributed by atoms with Gasteiger partial charge in [-0.2, -0.15) is 0 Å². The summed E-state index contributed by atoms with van der Waals surface area (Å²) < 4.78 is 5.57. The summed E-state index contributed by atoms with van der Waals surface area (Å²) in [5.74, 6) is 0.660. The molecule has 1 atom stereocenters. The minimum Gasteiger partial charge on any atom is -0.493 e. The van der Waals surface area contributed by atoms with Gasteiger partial charge in [0.05, 0.1) is 12.2 Å². The Kier molecular flexibility index (Phi) is 6.07. The zero-order chi connectivity index (χ0) is 17.6. The molecule has 0 bridgehead atoms. The monoisotopic (exact) mass is 360 g/mol. The Morgan fingerprint density at radius 1 is 1.20 bits per heavy atom. The van der Waals surface area contributed by atoms with E-state index in [-0.39, 0.29) is 5.91 Å². The number of thiophene rings is 1. The number of piperazine rings is 1. The Bertz CT molecular complexity index is 682. The molecule has 3 rings (SSSR count). The maximum atomic E-state index is 12.8. The van der Waals surface area contributed by atoms with Crippen LogP contribution >= 0.6 is 11.3 Å². The van der Waals surface area contributed by atoms with Crippen molar-refractivity contribution < 1.29 is 14.6 Å². The average Bonchev–Trinajstić information content (AvgIpc) is 3.17. The Hall–Kier alpha value is -1.89. The standard InChI is InChI=1S/C19H24N2O3S/c1-2-24-17-7-4-3-6-15(17)19(23)21-11-9-20(10-12-21)14-16(22)18-8-5-13-25-18/h3-8,13,16,22H,2,9-12,14H2,1H3. The number of hydrogen-bond acceptors (Lipinski definition) is 5. The fourth-order valence-electron chi connectivity index (χ4n) is 3.04. The third-order valence-electron chi connectivity index (χ3n) is 4.38. The van der Waals surface area contributed by atoms with Gasteiger partial charge in [-0.15, -0.1) is 11.3 Å². The summed E-state index contributed by atoms with van der Waals surface area (Å²) in [5.41, 5.74) is 0.622. The third kappa shape index (κ3) is 4.39. The van der Waals surface area contributed by atoms with Gasteiger partial charge in [0, 0.05) is 37.6 Å². The Balaban J connectivity index is 1.56. The molecule has 0 aliphatic carbocycles. The van der Waals surface area contributed by atoms with Crippen molar-refractivity contribution in [2.75, 3.05) is 39.3 Å². The van der Waals surface area contributed by atoms with Crippen molar-refractivity contribution in [1.29, 1.82) is 0 Å². The SMILES string of the molecule is CCOc1ccccc1C(=O)N1CCN(CC(O)c2cccs2)CC1. The molecule has 1 aliphatic heterocycles. The third-order valence-corrected chi connectivity index (χ3v) is 5.35. The van der Waals surface area contributed by atoms with Gasteiger partial charge >= 0.3 is 0 Å². The van der Waals surface area contributed by atoms with E-state index >= 15 is 0 Å². The largest absolute Gasteiger partial charge is 0.493 e. The Labute approximate surface area is 152 Å². The topological polar surface area (TPSA) is 53.0 Å². The first-order valence-corrected chi connectivity index (χ1v) is 9.52. The lowest BCUT2D eigenvalue weighted by Crippen LogP contribution is -2.49. The van der Waals surface area contributed by atoms with E-state index in [4.69, 9.17) is 4.74 Å². The number of nitrogens with zero attached hydrogens (tertiary/aromatic N) is 2. The molecule has 1 aromatic heterocycles. The second-order valence-electron chi connectivity index (χ2n) is 6.05. The van der Waals surface area contributed by atoms with Crippen molar-refractivity contribution in [2.24, 2.45) is 0 Å². The van der Waals surface area contributed by atoms with Crippen LogP contribution in [0.15, 0.2) is 41.8 Å². The van der Waals surface area contributed by atoms with Crippen molar-refractivity contribution in [3.05, 3.63) is 52.2 Å². The number of carbonyl (C=O) groups is 1. The van der Waals surface area contributed by atoms with Crippen molar-refractivity contribution >= 4 is 17.2 Å². The second-order valence-corrected chi connectivity index (χ2v) is 7.03. The molecule has 1 unspecified atom stereocenters. The first kappa shape index (κ1) is 17.9. The maximum absolute atomic E-state index is 12.8. The van der Waals surface area contributed by atoms with Crippen LogP contribution in [-0.2, 0) is 0 Å². The molecule has 1 fully saturated rings. The van der Waals surface area contributed by atoms with Gasteiger partial charge in [0.1, 0.15) is 11.9 Å². The predicted molar refractivity (Wildman–Crippen MR) is 99.2 cm³/mol. The molecule has 6 heteroatoms. The zero-order valence-corrected chi connectivity index (χ0v) is 15.2. The number of ether oxygens (including phenoxy) is 1. The number of rotatable bonds is 6. The normalized spacial score (nSPS) is 16.6. The van der Waals surface area contributed by atoms with Gasteiger partial charge in [0.2, 0.25) is 0 Å². The molecule has 5 nitrogen and oxygen atoms in total. The van der Waals surface area contributed by atoms with Gasteiger partial charge in [-0.3, -0.25) is 9.69 Å². The van der Waals surface area contributed by atoms with Gasteiger partial charge in [-0.25, -0.2) is 0 Å². The lowest BCUT2D eigenvalue weighted by atomic mass is 10.1. The summed E-state index contributed by atoms with van der Waals surface area (Å²) in [5, 5.41) is 12.3. The van der Waals surface area contributed by atoms with E-state index in [1.165, 1.54) is 0 Å². The maximum Gasteiger partial charge on any atom is 0.257 e. The summed E-state index contributed by atoms with van der Waals surface area (Å²) in [6.07, 6.45) is -0.457. The summed E-state index contributed by atoms with van der Waals surface area (Å²) in [6, 6.07) is 11.3. The van der Waals surface area contributed by atoms with Crippen LogP contribution in [0, 0.1) is 0 Å². The van der Waals surface area contributed by atoms with E-state index in [9.17, 15) is 9.90 Å². The summed E-state index contributed by atoms with van der Waals surface area (Å²) >= 11 is 1.57. The highest BCUT2D eigenvalue weighted by atomic mass is 32.1. The molecule has 25 heavy (non-hydrogen) atoms. The molecule has 0 saturated carbocycles. The highest BCUT2D eigenvalue weighted by Gasteiger charge is 2.25. The van der Waals surface area contributed by atoms with Gasteiger partial charge in [0.25, 0.3) is 5.91 Å². The van der Waals surface area contributed by atoms with Crippen molar-refractivity contribution in [3.63, 3.8) is 0 Å². The van der Waals surface area contributed by atoms with Gasteiger partial charge in [0.15, 0.2) is 0 Å². The number of benzene rings is 1. The smallest absolute Gasteiger partial charge is 0.257 e. The van der Waals surface area contributed by atoms with Crippen molar-refractivity contribution in [1.82, 2.24) is 9.80 Å². The first-order valence-electron chi connectivity index (χ1n) is 8.64. The molecule has 1 amide bonds. The van der Waals surface area contributed by atoms with Crippen LogP contribution in [0.4, 0.5) is 0 Å². The van der Waals surface area contributed by atoms with Crippen molar-refractivity contribution in [3.8, 4) is 5.75 Å². The quantitative estimate of drug-likeness (QED) is 0.860. The number of hydrogen-bond donors (Lipinski definition) is 1. The molecule has 1 N–H and O–H groups in total. The number of carbonyl (C=O) groups excluding carboxylic acids is 1. The van der Waals surface area contributed by atoms with Crippen LogP contribution in [-0.4, -0.2) is 60.1 Å². The molecule has 134 valence electrons. The first-order chi connectivity index (χ1) is 12.2. The molecular formula is C19H24N2O3S. The number of aliphatic hydroxyl groups is 1. The van der Waals surface area contributed by atoms with Crippen molar-refractivity contribution in [2.45, 2.75) is 13.0 Å². The molecular weight excluding hydrogens is 336 g/mol. The summed E-state index contributed by atoms with van der Waals surface area (Å²) in [4.78, 5) is 17.9. The minimum absolute atomic E-state index is 0.0162. The van der Waals surface area contributed by atoms with Crippen LogP contribution < -0.4 is 4.74 Å². The number of amides is 1. The molecule has 1 saturated heterocycles. The Morgan fingerprint density at radius 3 is 2.64 bits per heavy atom. The zero-order valence-electron chi connectivity index (χ0n) is 14.4. The molecule has 0 radical (unpaired) electrons. The van der Waals surface area contributed by atoms with Crippen LogP contribution in [0.2, 0.25) is 0 Å². The molecule has 2 heterocycles. The van der Waals surface area contributed by atoms with Gasteiger partial charge in [-0.05, 0) is 30.5 Å². The highest BCUT2D eigenvalue weighted by molar-refractivity contribution is 7.10. The van der Waals surface area contributed by atoms with Crippen LogP contribution in [0.25, 0.3) is 0 Å². The highest BCUT2D eigenvalue weighted by Crippen LogP contribution is 2.22. The Morgan fingerprint density at radius 2 is 1.96 bits per heavy atom. The van der Waals surface area contributed by atoms with Crippen LogP contribution in [0.1, 0.15) is 28.3 Å². The van der Waals surface area contributed by atoms with E-state index in [0.717, 1.165) is 18.0 Å². The number of aliphatic hydroxyl groups excluding tert-OH is 1. The van der Waals surface area contributed by atoms with E-state index < -0.39 is 6.10 Å². The second kappa shape index (κ2) is 8.47. The average molecular weight is 360 g/mol. The molecule has 1 aliphatic rings. The van der Waals surface area contributed by atoms with Crippen LogP contribution in [0.3, 0.4) is 0 Å². The fourth-order valence-corrected chi connectivity index (χ4v) is 3.75. The van der Waals surface area contributed by atoms with Gasteiger partial charge < -0.3 is 14.7 Å². The molecule has 1 aromatic carbocycles. The molecule has 2 aromatic rings. The van der Waals surface area contributed by atoms with E-state index in [0.29, 0.717) is 37.6 Å². The van der Waals surface area contributed by atoms with E-state index in [1.807, 2.05) is 53.6 Å². The van der Waals surface area contributed by atoms with E-state index in [2.05, 4.69) is 4.90 Å². The fraction of sp³-hybridized carbons (Fsp3) is 0.421. The van der Waals surface area contributed by atoms with E-state index in [1.54, 1.807) is 11.3 Å².